The molecule has 4 saturated heterocycles. The Balaban J connectivity index is 1.66. The average molecular weight is 534 g/mol. The third-order valence-electron chi connectivity index (χ3n) is 7.49. The van der Waals surface area contributed by atoms with E-state index in [0.29, 0.717) is 38.4 Å². The van der Waals surface area contributed by atoms with Crippen LogP contribution in [0.3, 0.4) is 0 Å². The van der Waals surface area contributed by atoms with Crippen molar-refractivity contribution < 1.29 is 0 Å². The van der Waals surface area contributed by atoms with Crippen LogP contribution >= 0.6 is 47.6 Å². The molecule has 0 aromatic heterocycles. The van der Waals surface area contributed by atoms with Gasteiger partial charge in [0, 0.05) is 36.0 Å². The van der Waals surface area contributed by atoms with Crippen LogP contribution in [0.1, 0.15) is 11.1 Å². The first-order valence-electron chi connectivity index (χ1n) is 11.5. The number of nitrogens with zero attached hydrogens (tertiary/aromatic N) is 6. The minimum atomic E-state index is -0.598. The molecule has 6 nitrogen and oxygen atoms in total. The molecule has 2 aromatic rings. The van der Waals surface area contributed by atoms with Crippen LogP contribution in [-0.4, -0.2) is 91.1 Å². The summed E-state index contributed by atoms with van der Waals surface area (Å²) in [5, 5.41) is 1.65. The zero-order chi connectivity index (χ0) is 23.5. The van der Waals surface area contributed by atoms with Crippen LogP contribution in [0.2, 0.25) is 0 Å². The van der Waals surface area contributed by atoms with E-state index in [1.807, 2.05) is 0 Å². The van der Waals surface area contributed by atoms with Crippen molar-refractivity contribution in [2.45, 2.75) is 11.3 Å². The fourth-order valence-electron chi connectivity index (χ4n) is 6.32. The molecule has 4 fully saturated rings. The maximum atomic E-state index is 6.28. The minimum Gasteiger partial charge on any atom is -0.305 e. The van der Waals surface area contributed by atoms with Gasteiger partial charge in [-0.3, -0.25) is 9.80 Å². The number of thiocarbonyl (C=S) groups is 2. The molecule has 4 aliphatic heterocycles. The van der Waals surface area contributed by atoms with Crippen LogP contribution in [0.4, 0.5) is 0 Å². The van der Waals surface area contributed by atoms with Gasteiger partial charge in [0.05, 0.1) is 26.7 Å². The van der Waals surface area contributed by atoms with E-state index in [4.69, 9.17) is 47.6 Å². The van der Waals surface area contributed by atoms with Crippen molar-refractivity contribution in [1.82, 2.24) is 29.4 Å². The normalized spacial score (nSPS) is 28.8. The number of rotatable bonds is 6. The molecule has 178 valence electrons. The van der Waals surface area contributed by atoms with Gasteiger partial charge in [-0.2, -0.15) is 0 Å². The Bertz CT molecular complexity index is 984. The predicted octanol–water partition coefficient (Wildman–Crippen LogP) is 3.44. The number of hydrogen-bond acceptors (Lipinski definition) is 4. The van der Waals surface area contributed by atoms with E-state index >= 15 is 0 Å². The maximum absolute atomic E-state index is 6.28. The summed E-state index contributed by atoms with van der Waals surface area (Å²) in [6, 6.07) is 21.4. The molecule has 0 unspecified atom stereocenters. The van der Waals surface area contributed by atoms with Gasteiger partial charge >= 0.3 is 0 Å². The highest BCUT2D eigenvalue weighted by atomic mass is 35.5. The Kier molecular flexibility index (Phi) is 5.67. The lowest BCUT2D eigenvalue weighted by Crippen LogP contribution is -2.70. The molecule has 2 aromatic carbocycles. The van der Waals surface area contributed by atoms with Gasteiger partial charge in [-0.15, -0.1) is 23.2 Å². The largest absolute Gasteiger partial charge is 0.305 e. The standard InChI is InChI=1S/C24H26Cl2N6S2/c25-11-13-27-15-29-21(33)31-17-28(14-12-26)18-32-22(34)30(16-27)23(29,19-7-3-1-4-8-19)24(31,32)20-9-5-2-6-10-20/h1-10H,11-18H2. The van der Waals surface area contributed by atoms with Gasteiger partial charge in [-0.05, 0) is 24.4 Å². The van der Waals surface area contributed by atoms with E-state index in [1.165, 1.54) is 11.1 Å². The molecule has 0 radical (unpaired) electrons. The minimum absolute atomic E-state index is 0.556. The molecular weight excluding hydrogens is 507 g/mol. The van der Waals surface area contributed by atoms with Crippen molar-refractivity contribution in [3.63, 3.8) is 0 Å². The highest BCUT2D eigenvalue weighted by Crippen LogP contribution is 2.64. The molecule has 4 aliphatic rings. The van der Waals surface area contributed by atoms with Gasteiger partial charge in [-0.1, -0.05) is 60.7 Å². The van der Waals surface area contributed by atoms with E-state index in [1.54, 1.807) is 0 Å². The molecule has 0 aliphatic carbocycles. The summed E-state index contributed by atoms with van der Waals surface area (Å²) in [6.45, 7) is 4.28. The molecule has 0 N–H and O–H groups in total. The van der Waals surface area contributed by atoms with Gasteiger partial charge < -0.3 is 19.6 Å². The molecular formula is C24H26Cl2N6S2. The Morgan fingerprint density at radius 1 is 0.588 bits per heavy atom. The van der Waals surface area contributed by atoms with Crippen LogP contribution in [0.25, 0.3) is 0 Å². The smallest absolute Gasteiger partial charge is 0.193 e. The Morgan fingerprint density at radius 3 is 1.21 bits per heavy atom. The summed E-state index contributed by atoms with van der Waals surface area (Å²) in [7, 11) is 0. The van der Waals surface area contributed by atoms with Crippen molar-refractivity contribution in [3.05, 3.63) is 71.8 Å². The van der Waals surface area contributed by atoms with Crippen molar-refractivity contribution in [3.8, 4) is 0 Å². The number of hydrogen-bond donors (Lipinski definition) is 0. The van der Waals surface area contributed by atoms with E-state index in [0.717, 1.165) is 23.3 Å². The summed E-state index contributed by atoms with van der Waals surface area (Å²) in [6.07, 6.45) is 0. The van der Waals surface area contributed by atoms with Crippen molar-refractivity contribution in [2.75, 3.05) is 51.5 Å². The first-order chi connectivity index (χ1) is 16.6. The Labute approximate surface area is 221 Å². The van der Waals surface area contributed by atoms with Gasteiger partial charge in [0.2, 0.25) is 0 Å². The molecule has 0 spiro atoms. The zero-order valence-corrected chi connectivity index (χ0v) is 21.8. The summed E-state index contributed by atoms with van der Waals surface area (Å²) in [5.74, 6) is 1.11. The van der Waals surface area contributed by atoms with Crippen molar-refractivity contribution in [2.24, 2.45) is 0 Å². The van der Waals surface area contributed by atoms with Gasteiger partial charge in [0.1, 0.15) is 0 Å². The molecule has 10 heteroatoms. The molecule has 0 amide bonds. The summed E-state index contributed by atoms with van der Waals surface area (Å²) in [4.78, 5) is 14.1. The van der Waals surface area contributed by atoms with Crippen LogP contribution in [-0.2, 0) is 11.3 Å². The lowest BCUT2D eigenvalue weighted by molar-refractivity contribution is -0.158. The quantitative estimate of drug-likeness (QED) is 0.411. The summed E-state index contributed by atoms with van der Waals surface area (Å²) in [5.41, 5.74) is 1.17. The van der Waals surface area contributed by atoms with Crippen molar-refractivity contribution in [1.29, 1.82) is 0 Å². The number of alkyl halides is 2. The summed E-state index contributed by atoms with van der Waals surface area (Å²) < 4.78 is 0. The third kappa shape index (κ3) is 2.75. The first kappa shape index (κ1) is 22.8. The topological polar surface area (TPSA) is 19.4 Å². The van der Waals surface area contributed by atoms with Crippen LogP contribution in [0.15, 0.2) is 60.7 Å². The molecule has 34 heavy (non-hydrogen) atoms. The fourth-order valence-corrected chi connectivity index (χ4v) is 7.56. The summed E-state index contributed by atoms with van der Waals surface area (Å²) >= 11 is 24.9. The maximum Gasteiger partial charge on any atom is 0.193 e. The van der Waals surface area contributed by atoms with Gasteiger partial charge in [0.15, 0.2) is 21.6 Å². The van der Waals surface area contributed by atoms with E-state index < -0.39 is 11.3 Å². The van der Waals surface area contributed by atoms with Gasteiger partial charge in [0.25, 0.3) is 0 Å². The first-order valence-corrected chi connectivity index (χ1v) is 13.4. The van der Waals surface area contributed by atoms with Crippen LogP contribution in [0, 0.1) is 0 Å². The van der Waals surface area contributed by atoms with E-state index in [-0.39, 0.29) is 0 Å². The zero-order valence-electron chi connectivity index (χ0n) is 18.7. The number of benzene rings is 2. The molecule has 0 bridgehead atoms. The lowest BCUT2D eigenvalue weighted by Gasteiger charge is -2.56. The second kappa shape index (κ2) is 8.47. The highest BCUT2D eigenvalue weighted by molar-refractivity contribution is 7.80. The second-order valence-electron chi connectivity index (χ2n) is 9.09. The Hall–Kier alpha value is -1.68. The fraction of sp³-hybridized carbons (Fsp3) is 0.417. The van der Waals surface area contributed by atoms with Gasteiger partial charge in [-0.25, -0.2) is 0 Å². The second-order valence-corrected chi connectivity index (χ2v) is 10.6. The monoisotopic (exact) mass is 532 g/mol. The van der Waals surface area contributed by atoms with Crippen molar-refractivity contribution >= 4 is 57.9 Å². The van der Waals surface area contributed by atoms with Crippen LogP contribution in [0.5, 0.6) is 0 Å². The average Bonchev–Trinajstić information content (AvgIpc) is 3.24. The molecule has 0 atom stereocenters. The van der Waals surface area contributed by atoms with E-state index in [9.17, 15) is 0 Å². The third-order valence-corrected chi connectivity index (χ3v) is 8.71. The molecule has 0 saturated carbocycles. The van der Waals surface area contributed by atoms with Crippen LogP contribution < -0.4 is 0 Å². The number of halogens is 2. The van der Waals surface area contributed by atoms with E-state index in [2.05, 4.69) is 90.1 Å². The lowest BCUT2D eigenvalue weighted by atomic mass is 9.79. The SMILES string of the molecule is S=C1N2CN(CCCl)CN3C(=S)N4CN(CCCl)CN1C4(c1ccccc1)C23c1ccccc1. The predicted molar refractivity (Wildman–Crippen MR) is 143 cm³/mol. The Morgan fingerprint density at radius 2 is 0.912 bits per heavy atom. The molecule has 6 rings (SSSR count). The highest BCUT2D eigenvalue weighted by Gasteiger charge is 2.80. The molecule has 4 heterocycles.